The van der Waals surface area contributed by atoms with Gasteiger partial charge in [0.15, 0.2) is 0 Å². The number of hydrogen-bond acceptors (Lipinski definition) is 1. The van der Waals surface area contributed by atoms with Gasteiger partial charge in [0, 0.05) is 18.2 Å². The number of benzene rings is 1. The van der Waals surface area contributed by atoms with Crippen LogP contribution in [0.25, 0.3) is 0 Å². The molecule has 0 radical (unpaired) electrons. The Bertz CT molecular complexity index is 489. The van der Waals surface area contributed by atoms with Crippen molar-refractivity contribution >= 4 is 21.6 Å². The lowest BCUT2D eigenvalue weighted by Crippen LogP contribution is -2.11. The second kappa shape index (κ2) is 5.93. The molecule has 2 heteroatoms. The molecule has 2 aliphatic carbocycles. The van der Waals surface area contributed by atoms with Gasteiger partial charge in [-0.25, -0.2) is 0 Å². The monoisotopic (exact) mass is 333 g/mol. The lowest BCUT2D eigenvalue weighted by atomic mass is 9.85. The van der Waals surface area contributed by atoms with Gasteiger partial charge in [-0.15, -0.1) is 0 Å². The number of fused-ring (bicyclic) bond motifs is 1. The third-order valence-corrected chi connectivity index (χ3v) is 5.47. The van der Waals surface area contributed by atoms with Crippen LogP contribution in [0.15, 0.2) is 34.8 Å². The van der Waals surface area contributed by atoms with Crippen molar-refractivity contribution in [1.29, 1.82) is 0 Å². The number of allylic oxidation sites excluding steroid dienone is 2. The summed E-state index contributed by atoms with van der Waals surface area (Å²) in [7, 11) is 0. The van der Waals surface area contributed by atoms with Crippen molar-refractivity contribution in [1.82, 2.24) is 0 Å². The fraction of sp³-hybridized carbons (Fsp3) is 0.556. The molecule has 1 saturated carbocycles. The van der Waals surface area contributed by atoms with Gasteiger partial charge in [-0.05, 0) is 52.8 Å². The summed E-state index contributed by atoms with van der Waals surface area (Å²) in [6.45, 7) is 5.52. The summed E-state index contributed by atoms with van der Waals surface area (Å²) in [6.07, 6.45) is 6.63. The minimum absolute atomic E-state index is 0.599. The third-order valence-electron chi connectivity index (χ3n) is 4.71. The number of rotatable bonds is 4. The summed E-state index contributed by atoms with van der Waals surface area (Å²) in [5.74, 6) is 2.93. The maximum absolute atomic E-state index is 3.81. The summed E-state index contributed by atoms with van der Waals surface area (Å²) < 4.78 is 1.41. The molecule has 3 rings (SSSR count). The van der Waals surface area contributed by atoms with Crippen LogP contribution in [0.4, 0.5) is 5.69 Å². The van der Waals surface area contributed by atoms with Gasteiger partial charge in [-0.1, -0.05) is 54.4 Å². The van der Waals surface area contributed by atoms with E-state index in [1.807, 2.05) is 0 Å². The third kappa shape index (κ3) is 2.81. The van der Waals surface area contributed by atoms with Crippen molar-refractivity contribution < 1.29 is 0 Å². The smallest absolute Gasteiger partial charge is 0.0340 e. The summed E-state index contributed by atoms with van der Waals surface area (Å²) in [6, 6.07) is 9.09. The number of halogens is 1. The van der Waals surface area contributed by atoms with Crippen LogP contribution < -0.4 is 5.32 Å². The normalized spacial score (nSPS) is 28.6. The summed E-state index contributed by atoms with van der Waals surface area (Å²) in [5.41, 5.74) is 2.71. The standard InChI is InChI=1S/C18H24BrN/c1-12(2)11-20-15-8-6-13(7-9-15)18-16-5-3-4-14(16)10-17(18)19/h6-10,12,14,16,18,20H,3-5,11H2,1-2H3. The Hall–Kier alpha value is -0.760. The molecule has 1 N–H and O–H groups in total. The molecular weight excluding hydrogens is 310 g/mol. The first kappa shape index (κ1) is 14.2. The van der Waals surface area contributed by atoms with Gasteiger partial charge in [0.05, 0.1) is 0 Å². The van der Waals surface area contributed by atoms with E-state index in [2.05, 4.69) is 65.4 Å². The Morgan fingerprint density at radius 1 is 1.20 bits per heavy atom. The van der Waals surface area contributed by atoms with Gasteiger partial charge in [0.2, 0.25) is 0 Å². The van der Waals surface area contributed by atoms with Gasteiger partial charge >= 0.3 is 0 Å². The SMILES string of the molecule is CC(C)CNc1ccc(C2C(Br)=CC3CCCC32)cc1. The first-order valence-corrected chi connectivity index (χ1v) is 8.65. The van der Waals surface area contributed by atoms with Crippen LogP contribution in [0.1, 0.15) is 44.6 Å². The Kier molecular flexibility index (Phi) is 4.21. The van der Waals surface area contributed by atoms with Gasteiger partial charge in [0.1, 0.15) is 0 Å². The lowest BCUT2D eigenvalue weighted by Gasteiger charge is -2.21. The van der Waals surface area contributed by atoms with Gasteiger partial charge in [-0.3, -0.25) is 0 Å². The zero-order valence-electron chi connectivity index (χ0n) is 12.4. The molecule has 0 aromatic heterocycles. The fourth-order valence-corrected chi connectivity index (χ4v) is 4.63. The second-order valence-corrected chi connectivity index (χ2v) is 7.60. The quantitative estimate of drug-likeness (QED) is 0.761. The summed E-state index contributed by atoms with van der Waals surface area (Å²) >= 11 is 3.81. The van der Waals surface area contributed by atoms with Crippen molar-refractivity contribution in [3.05, 3.63) is 40.4 Å². The topological polar surface area (TPSA) is 12.0 Å². The maximum atomic E-state index is 3.81. The molecule has 3 atom stereocenters. The van der Waals surface area contributed by atoms with E-state index in [1.165, 1.54) is 35.0 Å². The van der Waals surface area contributed by atoms with Crippen molar-refractivity contribution in [3.8, 4) is 0 Å². The minimum Gasteiger partial charge on any atom is -0.385 e. The molecule has 108 valence electrons. The molecule has 20 heavy (non-hydrogen) atoms. The van der Waals surface area contributed by atoms with Crippen LogP contribution in [-0.2, 0) is 0 Å². The predicted octanol–water partition coefficient (Wildman–Crippen LogP) is 5.55. The highest BCUT2D eigenvalue weighted by atomic mass is 79.9. The van der Waals surface area contributed by atoms with E-state index in [0.717, 1.165) is 18.4 Å². The first-order valence-electron chi connectivity index (χ1n) is 7.86. The summed E-state index contributed by atoms with van der Waals surface area (Å²) in [4.78, 5) is 0. The zero-order chi connectivity index (χ0) is 14.1. The largest absolute Gasteiger partial charge is 0.385 e. The molecule has 0 spiro atoms. The summed E-state index contributed by atoms with van der Waals surface area (Å²) in [5, 5.41) is 3.49. The van der Waals surface area contributed by atoms with Crippen LogP contribution in [0.3, 0.4) is 0 Å². The highest BCUT2D eigenvalue weighted by Crippen LogP contribution is 2.53. The van der Waals surface area contributed by atoms with Gasteiger partial charge in [-0.2, -0.15) is 0 Å². The fourth-order valence-electron chi connectivity index (χ4n) is 3.69. The molecule has 0 aliphatic heterocycles. The Balaban J connectivity index is 1.73. The number of hydrogen-bond donors (Lipinski definition) is 1. The number of anilines is 1. The van der Waals surface area contributed by atoms with Crippen LogP contribution >= 0.6 is 15.9 Å². The van der Waals surface area contributed by atoms with E-state index >= 15 is 0 Å². The Morgan fingerprint density at radius 3 is 2.65 bits per heavy atom. The zero-order valence-corrected chi connectivity index (χ0v) is 14.0. The molecule has 0 heterocycles. The molecule has 1 aromatic rings. The molecule has 1 nitrogen and oxygen atoms in total. The highest BCUT2D eigenvalue weighted by Gasteiger charge is 2.39. The van der Waals surface area contributed by atoms with E-state index in [1.54, 1.807) is 0 Å². The second-order valence-electron chi connectivity index (χ2n) is 6.68. The van der Waals surface area contributed by atoms with Crippen molar-refractivity contribution in [2.45, 2.75) is 39.0 Å². The van der Waals surface area contributed by atoms with Crippen LogP contribution in [0, 0.1) is 17.8 Å². The molecule has 1 fully saturated rings. The molecule has 0 saturated heterocycles. The molecular formula is C18H24BrN. The lowest BCUT2D eigenvalue weighted by molar-refractivity contribution is 0.448. The minimum atomic E-state index is 0.599. The highest BCUT2D eigenvalue weighted by molar-refractivity contribution is 9.11. The van der Waals surface area contributed by atoms with E-state index in [9.17, 15) is 0 Å². The van der Waals surface area contributed by atoms with Gasteiger partial charge < -0.3 is 5.32 Å². The van der Waals surface area contributed by atoms with Gasteiger partial charge in [0.25, 0.3) is 0 Å². The van der Waals surface area contributed by atoms with Crippen molar-refractivity contribution in [3.63, 3.8) is 0 Å². The van der Waals surface area contributed by atoms with E-state index in [0.29, 0.717) is 11.8 Å². The maximum Gasteiger partial charge on any atom is 0.0340 e. The average molecular weight is 334 g/mol. The predicted molar refractivity (Wildman–Crippen MR) is 90.4 cm³/mol. The van der Waals surface area contributed by atoms with Crippen LogP contribution in [-0.4, -0.2) is 6.54 Å². The molecule has 3 unspecified atom stereocenters. The molecule has 2 aliphatic rings. The average Bonchev–Trinajstić information content (AvgIpc) is 2.97. The van der Waals surface area contributed by atoms with E-state index in [-0.39, 0.29) is 0 Å². The first-order chi connectivity index (χ1) is 9.65. The molecule has 0 bridgehead atoms. The van der Waals surface area contributed by atoms with E-state index in [4.69, 9.17) is 0 Å². The molecule has 0 amide bonds. The van der Waals surface area contributed by atoms with Crippen LogP contribution in [0.5, 0.6) is 0 Å². The van der Waals surface area contributed by atoms with E-state index < -0.39 is 0 Å². The Labute approximate surface area is 131 Å². The number of nitrogens with one attached hydrogen (secondary N) is 1. The Morgan fingerprint density at radius 2 is 1.95 bits per heavy atom. The van der Waals surface area contributed by atoms with Crippen molar-refractivity contribution in [2.75, 3.05) is 11.9 Å². The van der Waals surface area contributed by atoms with Crippen LogP contribution in [0.2, 0.25) is 0 Å². The molecule has 1 aromatic carbocycles. The van der Waals surface area contributed by atoms with Crippen molar-refractivity contribution in [2.24, 2.45) is 17.8 Å².